The lowest BCUT2D eigenvalue weighted by Crippen LogP contribution is -2.48. The first-order valence-electron chi connectivity index (χ1n) is 11.7. The number of hydrogen-bond acceptors (Lipinski definition) is 6. The van der Waals surface area contributed by atoms with E-state index in [1.165, 1.54) is 7.11 Å². The van der Waals surface area contributed by atoms with Crippen LogP contribution in [0.25, 0.3) is 0 Å². The smallest absolute Gasteiger partial charge is 0.330 e. The first kappa shape index (κ1) is 22.8. The zero-order valence-corrected chi connectivity index (χ0v) is 19.3. The van der Waals surface area contributed by atoms with Gasteiger partial charge in [0.25, 0.3) is 5.91 Å². The molecule has 1 saturated carbocycles. The van der Waals surface area contributed by atoms with Crippen molar-refractivity contribution in [2.75, 3.05) is 19.0 Å². The van der Waals surface area contributed by atoms with Gasteiger partial charge in [-0.3, -0.25) is 19.3 Å². The van der Waals surface area contributed by atoms with Crippen LogP contribution in [0.5, 0.6) is 5.75 Å². The second-order valence-corrected chi connectivity index (χ2v) is 9.14. The number of ether oxygens (including phenoxy) is 2. The van der Waals surface area contributed by atoms with Gasteiger partial charge in [0.2, 0.25) is 11.8 Å². The fourth-order valence-corrected chi connectivity index (χ4v) is 5.48. The molecule has 1 saturated heterocycles. The third-order valence-corrected chi connectivity index (χ3v) is 7.06. The van der Waals surface area contributed by atoms with Crippen LogP contribution in [0.1, 0.15) is 12.0 Å². The van der Waals surface area contributed by atoms with Crippen LogP contribution in [0.2, 0.25) is 0 Å². The topological polar surface area (TPSA) is 102 Å². The Balaban J connectivity index is 1.31. The quantitative estimate of drug-likeness (QED) is 0.359. The summed E-state index contributed by atoms with van der Waals surface area (Å²) in [4.78, 5) is 53.4. The summed E-state index contributed by atoms with van der Waals surface area (Å²) in [6.07, 6.45) is 4.94. The normalized spacial score (nSPS) is 24.9. The third kappa shape index (κ3) is 4.32. The van der Waals surface area contributed by atoms with E-state index in [1.807, 2.05) is 42.5 Å². The maximum Gasteiger partial charge on any atom is 0.330 e. The lowest BCUT2D eigenvalue weighted by molar-refractivity contribution is -0.160. The molecular weight excluding hydrogens is 448 g/mol. The van der Waals surface area contributed by atoms with Crippen molar-refractivity contribution in [2.45, 2.75) is 18.9 Å². The number of anilines is 1. The van der Waals surface area contributed by atoms with Crippen LogP contribution < -0.4 is 10.1 Å². The molecule has 0 spiro atoms. The van der Waals surface area contributed by atoms with E-state index in [-0.39, 0.29) is 30.1 Å². The minimum atomic E-state index is -1.13. The molecule has 0 unspecified atom stereocenters. The SMILES string of the molecule is COc1cccc(NC(=O)COC(=O)[C@H](Cc2ccccc2)N2C(=O)[C@H]3[C@H](C2=O)[C@H]2C=C[C@H]3C2)c1. The Morgan fingerprint density at radius 2 is 1.69 bits per heavy atom. The highest BCUT2D eigenvalue weighted by Gasteiger charge is 2.61. The standard InChI is InChI=1S/C27H26N2O6/c1-34-20-9-5-8-19(14-20)28-22(30)15-35-27(33)21(12-16-6-3-2-4-7-16)29-25(31)23-17-10-11-18(13-17)24(23)26(29)32/h2-11,14,17-18,21,23-24H,12-13,15H2,1H3,(H,28,30)/t17-,18-,21-,23+,24+/m0/s1. The molecule has 1 aliphatic heterocycles. The van der Waals surface area contributed by atoms with Crippen LogP contribution >= 0.6 is 0 Å². The minimum Gasteiger partial charge on any atom is -0.497 e. The van der Waals surface area contributed by atoms with Crippen molar-refractivity contribution in [3.8, 4) is 5.75 Å². The number of methoxy groups -OCH3 is 1. The molecule has 180 valence electrons. The van der Waals surface area contributed by atoms with Crippen molar-refractivity contribution in [3.05, 3.63) is 72.3 Å². The maximum absolute atomic E-state index is 13.3. The number of esters is 1. The number of carbonyl (C=O) groups excluding carboxylic acids is 4. The fraction of sp³-hybridized carbons (Fsp3) is 0.333. The van der Waals surface area contributed by atoms with E-state index in [0.717, 1.165) is 16.9 Å². The van der Waals surface area contributed by atoms with Crippen molar-refractivity contribution < 1.29 is 28.7 Å². The highest BCUT2D eigenvalue weighted by atomic mass is 16.5. The van der Waals surface area contributed by atoms with Gasteiger partial charge in [0, 0.05) is 18.2 Å². The van der Waals surface area contributed by atoms with Gasteiger partial charge >= 0.3 is 5.97 Å². The molecule has 2 aromatic carbocycles. The molecule has 1 heterocycles. The van der Waals surface area contributed by atoms with Crippen LogP contribution in [0.3, 0.4) is 0 Å². The summed E-state index contributed by atoms with van der Waals surface area (Å²) in [6.45, 7) is -0.544. The maximum atomic E-state index is 13.3. The fourth-order valence-electron chi connectivity index (χ4n) is 5.48. The van der Waals surface area contributed by atoms with E-state index in [2.05, 4.69) is 5.32 Å². The molecule has 5 atom stereocenters. The molecule has 8 heteroatoms. The highest BCUT2D eigenvalue weighted by molar-refractivity contribution is 6.09. The zero-order valence-electron chi connectivity index (χ0n) is 19.3. The van der Waals surface area contributed by atoms with Gasteiger partial charge in [0.15, 0.2) is 6.61 Å². The molecule has 0 radical (unpaired) electrons. The molecule has 2 bridgehead atoms. The lowest BCUT2D eigenvalue weighted by atomic mass is 9.85. The Morgan fingerprint density at radius 3 is 2.34 bits per heavy atom. The molecule has 5 rings (SSSR count). The number of fused-ring (bicyclic) bond motifs is 5. The zero-order chi connectivity index (χ0) is 24.5. The van der Waals surface area contributed by atoms with Crippen LogP contribution in [0, 0.1) is 23.7 Å². The van der Waals surface area contributed by atoms with Crippen LogP contribution in [0.15, 0.2) is 66.7 Å². The number of carbonyl (C=O) groups is 4. The molecule has 0 aromatic heterocycles. The molecule has 2 aliphatic carbocycles. The van der Waals surface area contributed by atoms with E-state index in [1.54, 1.807) is 24.3 Å². The summed E-state index contributed by atoms with van der Waals surface area (Å²) in [6, 6.07) is 14.8. The average Bonchev–Trinajstić information content (AvgIpc) is 3.56. The van der Waals surface area contributed by atoms with Gasteiger partial charge in [-0.25, -0.2) is 4.79 Å². The molecule has 35 heavy (non-hydrogen) atoms. The first-order valence-corrected chi connectivity index (χ1v) is 11.7. The van der Waals surface area contributed by atoms with Crippen molar-refractivity contribution in [3.63, 3.8) is 0 Å². The molecule has 3 aliphatic rings. The van der Waals surface area contributed by atoms with E-state index < -0.39 is 36.4 Å². The summed E-state index contributed by atoms with van der Waals surface area (Å²) in [5.74, 6) is -2.16. The van der Waals surface area contributed by atoms with Gasteiger partial charge in [0.05, 0.1) is 18.9 Å². The van der Waals surface area contributed by atoms with E-state index in [9.17, 15) is 19.2 Å². The van der Waals surface area contributed by atoms with Crippen LogP contribution in [-0.4, -0.2) is 48.3 Å². The molecule has 2 fully saturated rings. The Labute approximate surface area is 202 Å². The summed E-state index contributed by atoms with van der Waals surface area (Å²) >= 11 is 0. The summed E-state index contributed by atoms with van der Waals surface area (Å²) in [7, 11) is 1.52. The minimum absolute atomic E-state index is 0.0356. The van der Waals surface area contributed by atoms with Crippen LogP contribution in [0.4, 0.5) is 5.69 Å². The molecule has 2 aromatic rings. The van der Waals surface area contributed by atoms with E-state index in [0.29, 0.717) is 11.4 Å². The van der Waals surface area contributed by atoms with Gasteiger partial charge in [-0.1, -0.05) is 48.6 Å². The predicted molar refractivity (Wildman–Crippen MR) is 126 cm³/mol. The Bertz CT molecular complexity index is 1160. The summed E-state index contributed by atoms with van der Waals surface area (Å²) < 4.78 is 10.5. The van der Waals surface area contributed by atoms with E-state index >= 15 is 0 Å². The van der Waals surface area contributed by atoms with Crippen molar-refractivity contribution in [1.29, 1.82) is 0 Å². The van der Waals surface area contributed by atoms with Crippen molar-refractivity contribution in [2.24, 2.45) is 23.7 Å². The first-order chi connectivity index (χ1) is 17.0. The number of rotatable bonds is 8. The number of hydrogen-bond donors (Lipinski definition) is 1. The average molecular weight is 475 g/mol. The third-order valence-electron chi connectivity index (χ3n) is 7.06. The Morgan fingerprint density at radius 1 is 1.00 bits per heavy atom. The second kappa shape index (κ2) is 9.37. The highest BCUT2D eigenvalue weighted by Crippen LogP contribution is 2.53. The number of benzene rings is 2. The van der Waals surface area contributed by atoms with Crippen molar-refractivity contribution >= 4 is 29.4 Å². The number of nitrogens with one attached hydrogen (secondary N) is 1. The molecular formula is C27H26N2O6. The Hall–Kier alpha value is -3.94. The molecule has 8 nitrogen and oxygen atoms in total. The largest absolute Gasteiger partial charge is 0.497 e. The lowest BCUT2D eigenvalue weighted by Gasteiger charge is -2.26. The summed E-state index contributed by atoms with van der Waals surface area (Å²) in [5, 5.41) is 2.65. The van der Waals surface area contributed by atoms with Gasteiger partial charge in [0.1, 0.15) is 11.8 Å². The molecule has 3 amide bonds. The van der Waals surface area contributed by atoms with Gasteiger partial charge < -0.3 is 14.8 Å². The number of allylic oxidation sites excluding steroid dienone is 2. The Kier molecular flexibility index (Phi) is 6.11. The number of imide groups is 1. The summed E-state index contributed by atoms with van der Waals surface area (Å²) in [5.41, 5.74) is 1.28. The van der Waals surface area contributed by atoms with Crippen LogP contribution in [-0.2, 0) is 30.3 Å². The van der Waals surface area contributed by atoms with Gasteiger partial charge in [-0.15, -0.1) is 0 Å². The number of amides is 3. The van der Waals surface area contributed by atoms with Crippen molar-refractivity contribution in [1.82, 2.24) is 4.90 Å². The van der Waals surface area contributed by atoms with E-state index in [4.69, 9.17) is 9.47 Å². The number of nitrogens with zero attached hydrogens (tertiary/aromatic N) is 1. The second-order valence-electron chi connectivity index (χ2n) is 9.14. The molecule has 1 N–H and O–H groups in total. The van der Waals surface area contributed by atoms with Gasteiger partial charge in [-0.2, -0.15) is 0 Å². The predicted octanol–water partition coefficient (Wildman–Crippen LogP) is 2.60. The monoisotopic (exact) mass is 474 g/mol. The van der Waals surface area contributed by atoms with Gasteiger partial charge in [-0.05, 0) is 36.0 Å². The number of likely N-dealkylation sites (tertiary alicyclic amines) is 1.